The molecule has 2 aromatic carbocycles. The van der Waals surface area contributed by atoms with Gasteiger partial charge >= 0.3 is 0 Å². The average molecular weight is 526 g/mol. The normalized spacial score (nSPS) is 15.1. The van der Waals surface area contributed by atoms with Gasteiger partial charge in [0.15, 0.2) is 0 Å². The summed E-state index contributed by atoms with van der Waals surface area (Å²) in [4.78, 5) is 28.2. The van der Waals surface area contributed by atoms with Crippen LogP contribution in [0, 0.1) is 5.82 Å². The van der Waals surface area contributed by atoms with Gasteiger partial charge in [0.25, 0.3) is 0 Å². The fraction of sp³-hybridized carbons (Fsp3) is 0.462. The molecule has 1 aliphatic carbocycles. The Morgan fingerprint density at radius 3 is 2.35 bits per heavy atom. The van der Waals surface area contributed by atoms with E-state index in [-0.39, 0.29) is 36.0 Å². The van der Waals surface area contributed by atoms with Crippen LogP contribution >= 0.6 is 35.0 Å². The molecule has 0 spiro atoms. The van der Waals surface area contributed by atoms with Crippen LogP contribution in [-0.2, 0) is 21.9 Å². The van der Waals surface area contributed by atoms with Crippen molar-refractivity contribution in [3.8, 4) is 0 Å². The van der Waals surface area contributed by atoms with Crippen LogP contribution in [0.25, 0.3) is 0 Å². The fourth-order valence-corrected chi connectivity index (χ4v) is 5.89. The van der Waals surface area contributed by atoms with Crippen LogP contribution in [0.1, 0.15) is 56.6 Å². The minimum Gasteiger partial charge on any atom is -0.352 e. The summed E-state index contributed by atoms with van der Waals surface area (Å²) in [7, 11) is 0. The molecule has 1 saturated carbocycles. The Balaban J connectivity index is 1.72. The highest BCUT2D eigenvalue weighted by Crippen LogP contribution is 2.28. The Hall–Kier alpha value is -1.76. The molecule has 3 rings (SSSR count). The second kappa shape index (κ2) is 13.4. The van der Waals surface area contributed by atoms with E-state index < -0.39 is 6.04 Å². The SMILES string of the molecule is CC[C@H](C(=O)NC1CCCCC1)N(Cc1ccc(F)cc1)C(=O)CSCc1c(Cl)cccc1Cl. The third-order valence-electron chi connectivity index (χ3n) is 6.14. The molecule has 2 amide bonds. The van der Waals surface area contributed by atoms with Crippen molar-refractivity contribution in [3.63, 3.8) is 0 Å². The lowest BCUT2D eigenvalue weighted by Crippen LogP contribution is -2.52. The molecule has 0 bridgehead atoms. The molecule has 1 atom stereocenters. The largest absolute Gasteiger partial charge is 0.352 e. The molecule has 184 valence electrons. The van der Waals surface area contributed by atoms with E-state index in [1.807, 2.05) is 6.92 Å². The predicted molar refractivity (Wildman–Crippen MR) is 139 cm³/mol. The highest BCUT2D eigenvalue weighted by molar-refractivity contribution is 7.99. The summed E-state index contributed by atoms with van der Waals surface area (Å²) < 4.78 is 13.4. The third kappa shape index (κ3) is 7.62. The molecule has 0 radical (unpaired) electrons. The summed E-state index contributed by atoms with van der Waals surface area (Å²) in [5, 5.41) is 4.29. The molecule has 4 nitrogen and oxygen atoms in total. The third-order valence-corrected chi connectivity index (χ3v) is 7.79. The number of rotatable bonds is 10. The molecule has 34 heavy (non-hydrogen) atoms. The maximum absolute atomic E-state index is 13.4. The molecule has 1 N–H and O–H groups in total. The highest BCUT2D eigenvalue weighted by atomic mass is 35.5. The average Bonchev–Trinajstić information content (AvgIpc) is 2.82. The smallest absolute Gasteiger partial charge is 0.243 e. The van der Waals surface area contributed by atoms with Gasteiger partial charge in [-0.15, -0.1) is 11.8 Å². The minimum absolute atomic E-state index is 0.121. The van der Waals surface area contributed by atoms with Crippen molar-refractivity contribution in [2.45, 2.75) is 69.8 Å². The van der Waals surface area contributed by atoms with Crippen LogP contribution in [0.4, 0.5) is 4.39 Å². The zero-order valence-corrected chi connectivity index (χ0v) is 21.7. The van der Waals surface area contributed by atoms with E-state index in [0.717, 1.165) is 36.8 Å². The van der Waals surface area contributed by atoms with E-state index in [4.69, 9.17) is 23.2 Å². The van der Waals surface area contributed by atoms with Crippen LogP contribution in [0.5, 0.6) is 0 Å². The first-order chi connectivity index (χ1) is 16.4. The van der Waals surface area contributed by atoms with Crippen molar-refractivity contribution in [2.24, 2.45) is 0 Å². The number of nitrogens with one attached hydrogen (secondary N) is 1. The van der Waals surface area contributed by atoms with Crippen LogP contribution in [0.3, 0.4) is 0 Å². The molecule has 1 fully saturated rings. The topological polar surface area (TPSA) is 49.4 Å². The van der Waals surface area contributed by atoms with Crippen LogP contribution in [-0.4, -0.2) is 34.6 Å². The molecule has 0 saturated heterocycles. The Labute approximate surface area is 215 Å². The first-order valence-electron chi connectivity index (χ1n) is 11.7. The number of thioether (sulfide) groups is 1. The zero-order chi connectivity index (χ0) is 24.5. The van der Waals surface area contributed by atoms with E-state index in [1.54, 1.807) is 35.2 Å². The Bertz CT molecular complexity index is 948. The van der Waals surface area contributed by atoms with Gasteiger partial charge < -0.3 is 10.2 Å². The number of hydrogen-bond acceptors (Lipinski definition) is 3. The molecule has 0 unspecified atom stereocenters. The number of hydrogen-bond donors (Lipinski definition) is 1. The van der Waals surface area contributed by atoms with Gasteiger partial charge in [0.1, 0.15) is 11.9 Å². The van der Waals surface area contributed by atoms with Crippen molar-refractivity contribution in [3.05, 3.63) is 69.5 Å². The van der Waals surface area contributed by atoms with E-state index in [0.29, 0.717) is 22.2 Å². The summed E-state index contributed by atoms with van der Waals surface area (Å²) in [6.45, 7) is 2.15. The highest BCUT2D eigenvalue weighted by Gasteiger charge is 2.30. The standard InChI is InChI=1S/C26H31Cl2FN2O2S/c1-2-24(26(33)30-20-7-4-3-5-8-20)31(15-18-11-13-19(29)14-12-18)25(32)17-34-16-21-22(27)9-6-10-23(21)28/h6,9-14,20,24H,2-5,7-8,15-17H2,1H3,(H,30,33)/t24-/m1/s1. The fourth-order valence-electron chi connectivity index (χ4n) is 4.24. The number of nitrogens with zero attached hydrogens (tertiary/aromatic N) is 1. The number of carbonyl (C=O) groups excluding carboxylic acids is 2. The minimum atomic E-state index is -0.594. The molecule has 0 aliphatic heterocycles. The monoisotopic (exact) mass is 524 g/mol. The molecular formula is C26H31Cl2FN2O2S. The van der Waals surface area contributed by atoms with Gasteiger partial charge in [-0.3, -0.25) is 9.59 Å². The maximum Gasteiger partial charge on any atom is 0.243 e. The van der Waals surface area contributed by atoms with E-state index >= 15 is 0 Å². The van der Waals surface area contributed by atoms with Gasteiger partial charge in [0.05, 0.1) is 5.75 Å². The molecular weight excluding hydrogens is 494 g/mol. The van der Waals surface area contributed by atoms with E-state index in [2.05, 4.69) is 5.32 Å². The van der Waals surface area contributed by atoms with Gasteiger partial charge in [0.2, 0.25) is 11.8 Å². The van der Waals surface area contributed by atoms with Gasteiger partial charge in [-0.1, -0.05) is 67.6 Å². The Kier molecular flexibility index (Phi) is 10.5. The van der Waals surface area contributed by atoms with E-state index in [9.17, 15) is 14.0 Å². The number of carbonyl (C=O) groups is 2. The molecule has 0 heterocycles. The van der Waals surface area contributed by atoms with Crippen molar-refractivity contribution in [1.29, 1.82) is 0 Å². The zero-order valence-electron chi connectivity index (χ0n) is 19.4. The van der Waals surface area contributed by atoms with Crippen LogP contribution < -0.4 is 5.32 Å². The predicted octanol–water partition coefficient (Wildman–Crippen LogP) is 6.62. The van der Waals surface area contributed by atoms with Crippen molar-refractivity contribution in [1.82, 2.24) is 10.2 Å². The summed E-state index contributed by atoms with van der Waals surface area (Å²) >= 11 is 13.9. The van der Waals surface area contributed by atoms with Gasteiger partial charge in [-0.05, 0) is 54.7 Å². The number of amides is 2. The van der Waals surface area contributed by atoms with E-state index in [1.165, 1.54) is 30.3 Å². The van der Waals surface area contributed by atoms with Crippen LogP contribution in [0.15, 0.2) is 42.5 Å². The van der Waals surface area contributed by atoms with Gasteiger partial charge in [-0.25, -0.2) is 4.39 Å². The summed E-state index contributed by atoms with van der Waals surface area (Å²) in [6.07, 6.45) is 5.87. The van der Waals surface area contributed by atoms with Crippen molar-refractivity contribution < 1.29 is 14.0 Å². The lowest BCUT2D eigenvalue weighted by molar-refractivity contribution is -0.139. The maximum atomic E-state index is 13.4. The quantitative estimate of drug-likeness (QED) is 0.379. The summed E-state index contributed by atoms with van der Waals surface area (Å²) in [6, 6.07) is 10.9. The Morgan fingerprint density at radius 1 is 1.09 bits per heavy atom. The number of benzene rings is 2. The molecule has 2 aromatic rings. The lowest BCUT2D eigenvalue weighted by atomic mass is 9.95. The molecule has 0 aromatic heterocycles. The van der Waals surface area contributed by atoms with Crippen LogP contribution in [0.2, 0.25) is 10.0 Å². The van der Waals surface area contributed by atoms with Crippen molar-refractivity contribution in [2.75, 3.05) is 5.75 Å². The summed E-state index contributed by atoms with van der Waals surface area (Å²) in [5.74, 6) is 0.0541. The number of halogens is 3. The Morgan fingerprint density at radius 2 is 1.74 bits per heavy atom. The van der Waals surface area contributed by atoms with Gasteiger partial charge in [-0.2, -0.15) is 0 Å². The first-order valence-corrected chi connectivity index (χ1v) is 13.6. The van der Waals surface area contributed by atoms with Crippen molar-refractivity contribution >= 4 is 46.8 Å². The molecule has 8 heteroatoms. The summed E-state index contributed by atoms with van der Waals surface area (Å²) in [5.41, 5.74) is 1.56. The first kappa shape index (κ1) is 26.8. The lowest BCUT2D eigenvalue weighted by Gasteiger charge is -2.32. The van der Waals surface area contributed by atoms with Gasteiger partial charge in [0, 0.05) is 28.4 Å². The second-order valence-corrected chi connectivity index (χ2v) is 10.4. The second-order valence-electron chi connectivity index (χ2n) is 8.61. The molecule has 1 aliphatic rings.